The number of rotatable bonds is 13. The minimum Gasteiger partial charge on any atom is -0.497 e. The maximum Gasteiger partial charge on any atom is 0.259 e. The molecule has 2 N–H and O–H groups in total. The zero-order valence-corrected chi connectivity index (χ0v) is 23.8. The van der Waals surface area contributed by atoms with Crippen LogP contribution < -0.4 is 15.4 Å². The van der Waals surface area contributed by atoms with Crippen molar-refractivity contribution < 1.29 is 23.9 Å². The topological polar surface area (TPSA) is 122 Å². The average molecular weight is 566 g/mol. The minimum atomic E-state index is -0.707. The molecule has 10 nitrogen and oxygen atoms in total. The SMILES string of the molecule is CC[C@@H](SC1=Nc2ccccc2C2=N[C@@H](CCC(=O)NCc3ccc(OC)cc3)C(=O)N12)C(=O)NCCCOC. The van der Waals surface area contributed by atoms with Gasteiger partial charge in [0.15, 0.2) is 5.17 Å². The fraction of sp³-hybridized carbons (Fsp3) is 0.414. The predicted octanol–water partition coefficient (Wildman–Crippen LogP) is 3.41. The van der Waals surface area contributed by atoms with Crippen LogP contribution in [0.5, 0.6) is 5.75 Å². The number of hydrogen-bond acceptors (Lipinski definition) is 8. The van der Waals surface area contributed by atoms with Crippen LogP contribution in [0.15, 0.2) is 58.5 Å². The van der Waals surface area contributed by atoms with E-state index in [9.17, 15) is 14.4 Å². The molecule has 0 aromatic heterocycles. The molecule has 0 fully saturated rings. The van der Waals surface area contributed by atoms with Crippen molar-refractivity contribution in [1.82, 2.24) is 15.5 Å². The number of nitrogens with one attached hydrogen (secondary N) is 2. The number of nitrogens with zero attached hydrogens (tertiary/aromatic N) is 3. The normalized spacial score (nSPS) is 16.4. The molecule has 11 heteroatoms. The van der Waals surface area contributed by atoms with Crippen LogP contribution in [0.2, 0.25) is 0 Å². The van der Waals surface area contributed by atoms with Gasteiger partial charge in [0.2, 0.25) is 11.8 Å². The van der Waals surface area contributed by atoms with Gasteiger partial charge in [-0.2, -0.15) is 0 Å². The van der Waals surface area contributed by atoms with E-state index in [1.54, 1.807) is 14.2 Å². The number of carbonyl (C=O) groups excluding carboxylic acids is 3. The smallest absolute Gasteiger partial charge is 0.259 e. The number of para-hydroxylation sites is 1. The second-order valence-electron chi connectivity index (χ2n) is 9.37. The summed E-state index contributed by atoms with van der Waals surface area (Å²) in [6, 6.07) is 14.3. The van der Waals surface area contributed by atoms with Crippen LogP contribution in [0, 0.1) is 0 Å². The predicted molar refractivity (Wildman–Crippen MR) is 156 cm³/mol. The average Bonchev–Trinajstić information content (AvgIpc) is 3.32. The summed E-state index contributed by atoms with van der Waals surface area (Å²) in [5.41, 5.74) is 2.40. The van der Waals surface area contributed by atoms with Crippen molar-refractivity contribution >= 4 is 46.2 Å². The van der Waals surface area contributed by atoms with Crippen molar-refractivity contribution in [1.29, 1.82) is 0 Å². The van der Waals surface area contributed by atoms with E-state index in [1.165, 1.54) is 16.7 Å². The van der Waals surface area contributed by atoms with Gasteiger partial charge in [-0.1, -0.05) is 43.0 Å². The van der Waals surface area contributed by atoms with Crippen molar-refractivity contribution in [2.75, 3.05) is 27.4 Å². The molecule has 0 saturated heterocycles. The molecule has 2 aromatic carbocycles. The Morgan fingerprint density at radius 3 is 2.60 bits per heavy atom. The fourth-order valence-electron chi connectivity index (χ4n) is 4.36. The van der Waals surface area contributed by atoms with Gasteiger partial charge in [0.25, 0.3) is 5.91 Å². The third-order valence-corrected chi connectivity index (χ3v) is 7.89. The van der Waals surface area contributed by atoms with E-state index in [2.05, 4.69) is 10.6 Å². The summed E-state index contributed by atoms with van der Waals surface area (Å²) >= 11 is 1.26. The van der Waals surface area contributed by atoms with Gasteiger partial charge in [-0.05, 0) is 49.1 Å². The Kier molecular flexibility index (Phi) is 10.3. The van der Waals surface area contributed by atoms with Crippen LogP contribution in [0.3, 0.4) is 0 Å². The van der Waals surface area contributed by atoms with Crippen LogP contribution in [-0.2, 0) is 25.7 Å². The number of methoxy groups -OCH3 is 2. The van der Waals surface area contributed by atoms with E-state index in [0.29, 0.717) is 49.2 Å². The molecular formula is C29H35N5O5S. The number of fused-ring (bicyclic) bond motifs is 3. The first-order valence-electron chi connectivity index (χ1n) is 13.4. The quantitative estimate of drug-likeness (QED) is 0.359. The third kappa shape index (κ3) is 7.08. The lowest BCUT2D eigenvalue weighted by molar-refractivity contribution is -0.125. The first-order valence-corrected chi connectivity index (χ1v) is 14.3. The second kappa shape index (κ2) is 14.1. The number of amidine groups is 2. The number of thioether (sulfide) groups is 1. The van der Waals surface area contributed by atoms with Crippen molar-refractivity contribution in [2.45, 2.75) is 50.4 Å². The highest BCUT2D eigenvalue weighted by Gasteiger charge is 2.42. The number of benzene rings is 2. The van der Waals surface area contributed by atoms with Crippen molar-refractivity contribution in [2.24, 2.45) is 9.98 Å². The zero-order chi connectivity index (χ0) is 28.5. The van der Waals surface area contributed by atoms with E-state index in [4.69, 9.17) is 19.5 Å². The van der Waals surface area contributed by atoms with Gasteiger partial charge >= 0.3 is 0 Å². The van der Waals surface area contributed by atoms with Crippen molar-refractivity contribution in [3.05, 3.63) is 59.7 Å². The van der Waals surface area contributed by atoms with Crippen LogP contribution in [0.25, 0.3) is 0 Å². The van der Waals surface area contributed by atoms with E-state index >= 15 is 0 Å². The molecule has 0 spiro atoms. The van der Waals surface area contributed by atoms with Gasteiger partial charge in [0, 0.05) is 38.8 Å². The van der Waals surface area contributed by atoms with Gasteiger partial charge in [0.05, 0.1) is 18.0 Å². The zero-order valence-electron chi connectivity index (χ0n) is 23.0. The summed E-state index contributed by atoms with van der Waals surface area (Å²) in [6.45, 7) is 3.39. The standard InChI is InChI=1S/C29H35N5O5S/c1-4-24(27(36)30-16-7-17-38-2)40-29-33-22-9-6-5-8-21(22)26-32-23(28(37)34(26)29)14-15-25(35)31-18-19-10-12-20(39-3)13-11-19/h5-6,8-13,23-24H,4,7,14-18H2,1-3H3,(H,30,36)(H,31,35)/t23-,24+/m0/s1. The van der Waals surface area contributed by atoms with Gasteiger partial charge in [0.1, 0.15) is 17.6 Å². The lowest BCUT2D eigenvalue weighted by atomic mass is 10.1. The van der Waals surface area contributed by atoms with Crippen molar-refractivity contribution in [3.63, 3.8) is 0 Å². The molecule has 0 radical (unpaired) electrons. The molecule has 3 amide bonds. The largest absolute Gasteiger partial charge is 0.497 e. The molecule has 0 bridgehead atoms. The highest BCUT2D eigenvalue weighted by Crippen LogP contribution is 2.35. The molecule has 0 aliphatic carbocycles. The summed E-state index contributed by atoms with van der Waals surface area (Å²) in [6.07, 6.45) is 1.70. The summed E-state index contributed by atoms with van der Waals surface area (Å²) in [5, 5.41) is 5.84. The van der Waals surface area contributed by atoms with E-state index < -0.39 is 11.3 Å². The number of amides is 3. The van der Waals surface area contributed by atoms with E-state index in [0.717, 1.165) is 16.9 Å². The summed E-state index contributed by atoms with van der Waals surface area (Å²) in [7, 11) is 3.23. The highest BCUT2D eigenvalue weighted by atomic mass is 32.2. The Morgan fingerprint density at radius 1 is 1.10 bits per heavy atom. The van der Waals surface area contributed by atoms with Crippen LogP contribution >= 0.6 is 11.8 Å². The number of aliphatic imine (C=N–C) groups is 2. The van der Waals surface area contributed by atoms with E-state index in [-0.39, 0.29) is 30.6 Å². The Hall–Kier alpha value is -3.70. The lowest BCUT2D eigenvalue weighted by Crippen LogP contribution is -2.43. The molecule has 4 rings (SSSR count). The minimum absolute atomic E-state index is 0.111. The Morgan fingerprint density at radius 2 is 1.88 bits per heavy atom. The summed E-state index contributed by atoms with van der Waals surface area (Å²) < 4.78 is 10.2. The first kappa shape index (κ1) is 29.3. The monoisotopic (exact) mass is 565 g/mol. The molecule has 2 heterocycles. The Balaban J connectivity index is 1.41. The summed E-state index contributed by atoms with van der Waals surface area (Å²) in [4.78, 5) is 50.0. The van der Waals surface area contributed by atoms with Crippen molar-refractivity contribution in [3.8, 4) is 5.75 Å². The highest BCUT2D eigenvalue weighted by molar-refractivity contribution is 8.15. The molecule has 212 valence electrons. The lowest BCUT2D eigenvalue weighted by Gasteiger charge is -2.27. The van der Waals surface area contributed by atoms with Crippen LogP contribution in [-0.4, -0.2) is 72.3 Å². The van der Waals surface area contributed by atoms with Gasteiger partial charge in [-0.15, -0.1) is 0 Å². The molecule has 2 aromatic rings. The van der Waals surface area contributed by atoms with Crippen LogP contribution in [0.4, 0.5) is 5.69 Å². The number of hydrogen-bond donors (Lipinski definition) is 2. The molecular weight excluding hydrogens is 530 g/mol. The fourth-order valence-corrected chi connectivity index (χ4v) is 5.41. The molecule has 0 saturated carbocycles. The van der Waals surface area contributed by atoms with Gasteiger partial charge < -0.3 is 20.1 Å². The number of carbonyl (C=O) groups is 3. The Labute approximate surface area is 238 Å². The van der Waals surface area contributed by atoms with E-state index in [1.807, 2.05) is 55.5 Å². The molecule has 2 atom stereocenters. The van der Waals surface area contributed by atoms with Gasteiger partial charge in [-0.3, -0.25) is 19.4 Å². The summed E-state index contributed by atoms with van der Waals surface area (Å²) in [5.74, 6) is 0.751. The van der Waals surface area contributed by atoms with Gasteiger partial charge in [-0.25, -0.2) is 9.89 Å². The molecule has 2 aliphatic heterocycles. The maximum absolute atomic E-state index is 13.6. The Bertz CT molecular complexity index is 1280. The molecule has 40 heavy (non-hydrogen) atoms. The second-order valence-corrected chi connectivity index (χ2v) is 10.5. The maximum atomic E-state index is 13.6. The molecule has 2 aliphatic rings. The molecule has 0 unspecified atom stereocenters. The first-order chi connectivity index (χ1) is 19.4. The third-order valence-electron chi connectivity index (χ3n) is 6.58. The van der Waals surface area contributed by atoms with Crippen LogP contribution in [0.1, 0.15) is 43.7 Å². The number of ether oxygens (including phenoxy) is 2.